The minimum Gasteiger partial charge on any atom is -0.394 e. The van der Waals surface area contributed by atoms with Gasteiger partial charge in [0.15, 0.2) is 6.29 Å². The van der Waals surface area contributed by atoms with Crippen LogP contribution in [0.25, 0.3) is 0 Å². The Morgan fingerprint density at radius 3 is 1.27 bits per heavy atom. The third-order valence-electron chi connectivity index (χ3n) is 12.0. The van der Waals surface area contributed by atoms with Crippen LogP contribution in [-0.2, 0) is 14.3 Å². The largest absolute Gasteiger partial charge is 0.394 e. The van der Waals surface area contributed by atoms with E-state index in [4.69, 9.17) is 9.47 Å². The highest BCUT2D eigenvalue weighted by Gasteiger charge is 2.44. The van der Waals surface area contributed by atoms with Gasteiger partial charge in [-0.15, -0.1) is 0 Å². The van der Waals surface area contributed by atoms with Crippen LogP contribution in [-0.4, -0.2) is 87.5 Å². The van der Waals surface area contributed by atoms with E-state index < -0.39 is 49.5 Å². The van der Waals surface area contributed by atoms with Gasteiger partial charge >= 0.3 is 0 Å². The van der Waals surface area contributed by atoms with Crippen LogP contribution in [0.4, 0.5) is 0 Å². The van der Waals surface area contributed by atoms with E-state index in [2.05, 4.69) is 19.2 Å². The zero-order valence-electron chi connectivity index (χ0n) is 36.7. The molecular weight excluding hydrogens is 707 g/mol. The molecule has 1 aliphatic rings. The van der Waals surface area contributed by atoms with Gasteiger partial charge in [-0.2, -0.15) is 0 Å². The molecule has 1 aliphatic heterocycles. The molecule has 1 saturated heterocycles. The van der Waals surface area contributed by atoms with Gasteiger partial charge in [0.05, 0.1) is 25.4 Å². The fourth-order valence-electron chi connectivity index (χ4n) is 8.04. The van der Waals surface area contributed by atoms with Gasteiger partial charge in [-0.1, -0.05) is 219 Å². The van der Waals surface area contributed by atoms with Crippen LogP contribution in [0.5, 0.6) is 0 Å². The molecule has 0 bridgehead atoms. The standard InChI is InChI=1S/C47H93NO8/c1-3-5-7-9-11-13-15-17-18-19-20-21-22-23-24-25-26-28-30-32-34-36-41(50)40(39-55-47-46(54)45(53)44(52)42(38-49)56-47)48-43(51)37-35-33-31-29-27-16-14-12-10-8-6-4-2/h40-42,44-47,49-50,52-54H,3-39H2,1-2H3,(H,48,51). The van der Waals surface area contributed by atoms with Crippen molar-refractivity contribution in [2.75, 3.05) is 13.2 Å². The predicted molar refractivity (Wildman–Crippen MR) is 231 cm³/mol. The first kappa shape index (κ1) is 53.2. The fraction of sp³-hybridized carbons (Fsp3) is 0.979. The van der Waals surface area contributed by atoms with Gasteiger partial charge in [-0.3, -0.25) is 4.79 Å². The molecule has 0 radical (unpaired) electrons. The van der Waals surface area contributed by atoms with Crippen molar-refractivity contribution in [2.24, 2.45) is 0 Å². The highest BCUT2D eigenvalue weighted by Crippen LogP contribution is 2.23. The summed E-state index contributed by atoms with van der Waals surface area (Å²) in [6, 6.07) is -0.711. The van der Waals surface area contributed by atoms with Crippen molar-refractivity contribution in [3.05, 3.63) is 0 Å². The van der Waals surface area contributed by atoms with E-state index >= 15 is 0 Å². The molecular formula is C47H93NO8. The molecule has 7 unspecified atom stereocenters. The van der Waals surface area contributed by atoms with Crippen molar-refractivity contribution in [2.45, 2.75) is 281 Å². The molecule has 9 heteroatoms. The molecule has 0 aliphatic carbocycles. The van der Waals surface area contributed by atoms with Gasteiger partial charge in [-0.05, 0) is 12.8 Å². The molecule has 0 saturated carbocycles. The highest BCUT2D eigenvalue weighted by molar-refractivity contribution is 5.76. The zero-order chi connectivity index (χ0) is 40.9. The Kier molecular flexibility index (Phi) is 36.5. The first-order valence-electron chi connectivity index (χ1n) is 24.2. The summed E-state index contributed by atoms with van der Waals surface area (Å²) >= 11 is 0. The quantitative estimate of drug-likeness (QED) is 0.0335. The van der Waals surface area contributed by atoms with Crippen LogP contribution < -0.4 is 5.32 Å². The second kappa shape index (κ2) is 38.4. The van der Waals surface area contributed by atoms with Crippen molar-refractivity contribution in [1.29, 1.82) is 0 Å². The minimum absolute atomic E-state index is 0.132. The molecule has 1 rings (SSSR count). The topological polar surface area (TPSA) is 149 Å². The number of hydrogen-bond donors (Lipinski definition) is 6. The van der Waals surface area contributed by atoms with E-state index in [9.17, 15) is 30.3 Å². The summed E-state index contributed by atoms with van der Waals surface area (Å²) in [5.74, 6) is -0.141. The molecule has 9 nitrogen and oxygen atoms in total. The number of hydrogen-bond acceptors (Lipinski definition) is 8. The van der Waals surface area contributed by atoms with Crippen molar-refractivity contribution in [3.8, 4) is 0 Å². The van der Waals surface area contributed by atoms with E-state index in [1.165, 1.54) is 173 Å². The Bertz CT molecular complexity index is 847. The lowest BCUT2D eigenvalue weighted by Crippen LogP contribution is -2.60. The summed E-state index contributed by atoms with van der Waals surface area (Å²) in [5.41, 5.74) is 0. The van der Waals surface area contributed by atoms with E-state index in [0.29, 0.717) is 12.8 Å². The summed E-state index contributed by atoms with van der Waals surface area (Å²) in [5, 5.41) is 54.4. The Morgan fingerprint density at radius 2 is 0.893 bits per heavy atom. The highest BCUT2D eigenvalue weighted by atomic mass is 16.7. The summed E-state index contributed by atoms with van der Waals surface area (Å²) in [6.07, 6.45) is 35.4. The summed E-state index contributed by atoms with van der Waals surface area (Å²) in [7, 11) is 0. The molecule has 0 aromatic rings. The van der Waals surface area contributed by atoms with Gasteiger partial charge in [0.25, 0.3) is 0 Å². The van der Waals surface area contributed by atoms with Crippen LogP contribution in [0.3, 0.4) is 0 Å². The lowest BCUT2D eigenvalue weighted by Gasteiger charge is -2.40. The van der Waals surface area contributed by atoms with Gasteiger partial charge in [0.1, 0.15) is 24.4 Å². The molecule has 0 aromatic carbocycles. The number of carbonyl (C=O) groups is 1. The molecule has 7 atom stereocenters. The Balaban J connectivity index is 2.26. The maximum Gasteiger partial charge on any atom is 0.220 e. The maximum atomic E-state index is 12.9. The number of aliphatic hydroxyl groups excluding tert-OH is 5. The number of carbonyl (C=O) groups excluding carboxylic acids is 1. The first-order valence-corrected chi connectivity index (χ1v) is 24.2. The second-order valence-electron chi connectivity index (χ2n) is 17.3. The molecule has 1 amide bonds. The van der Waals surface area contributed by atoms with Crippen LogP contribution >= 0.6 is 0 Å². The lowest BCUT2D eigenvalue weighted by atomic mass is 9.99. The van der Waals surface area contributed by atoms with Crippen LogP contribution in [0, 0.1) is 0 Å². The van der Waals surface area contributed by atoms with Crippen molar-refractivity contribution in [1.82, 2.24) is 5.32 Å². The minimum atomic E-state index is -1.55. The predicted octanol–water partition coefficient (Wildman–Crippen LogP) is 10.3. The van der Waals surface area contributed by atoms with Crippen LogP contribution in [0.1, 0.15) is 239 Å². The molecule has 1 heterocycles. The molecule has 0 spiro atoms. The van der Waals surface area contributed by atoms with Gasteiger partial charge in [0, 0.05) is 6.42 Å². The maximum absolute atomic E-state index is 12.9. The molecule has 56 heavy (non-hydrogen) atoms. The Morgan fingerprint density at radius 1 is 0.536 bits per heavy atom. The number of ether oxygens (including phenoxy) is 2. The fourth-order valence-corrected chi connectivity index (χ4v) is 8.04. The molecule has 334 valence electrons. The monoisotopic (exact) mass is 800 g/mol. The number of aliphatic hydroxyl groups is 5. The van der Waals surface area contributed by atoms with Crippen molar-refractivity contribution < 1.29 is 39.8 Å². The summed E-state index contributed by atoms with van der Waals surface area (Å²) in [4.78, 5) is 12.9. The number of unbranched alkanes of at least 4 members (excludes halogenated alkanes) is 31. The Hall–Kier alpha value is -0.810. The average Bonchev–Trinajstić information content (AvgIpc) is 3.20. The summed E-state index contributed by atoms with van der Waals surface area (Å²) in [6.45, 7) is 3.85. The number of amides is 1. The van der Waals surface area contributed by atoms with E-state index in [1.54, 1.807) is 0 Å². The normalized spacial score (nSPS) is 21.0. The van der Waals surface area contributed by atoms with E-state index in [1.807, 2.05) is 0 Å². The Labute approximate surface area is 344 Å². The third kappa shape index (κ3) is 28.6. The average molecular weight is 800 g/mol. The van der Waals surface area contributed by atoms with Crippen molar-refractivity contribution in [3.63, 3.8) is 0 Å². The van der Waals surface area contributed by atoms with Gasteiger partial charge < -0.3 is 40.3 Å². The molecule has 6 N–H and O–H groups in total. The molecule has 0 aromatic heterocycles. The second-order valence-corrected chi connectivity index (χ2v) is 17.3. The van der Waals surface area contributed by atoms with E-state index in [0.717, 1.165) is 38.5 Å². The zero-order valence-corrected chi connectivity index (χ0v) is 36.7. The van der Waals surface area contributed by atoms with Gasteiger partial charge in [0.2, 0.25) is 5.91 Å². The lowest BCUT2D eigenvalue weighted by molar-refractivity contribution is -0.302. The SMILES string of the molecule is CCCCCCCCCCCCCCCCCCCCCCCC(O)C(COC1OC(CO)C(O)C(O)C1O)NC(=O)CCCCCCCCCCCCCC. The smallest absolute Gasteiger partial charge is 0.220 e. The third-order valence-corrected chi connectivity index (χ3v) is 12.0. The first-order chi connectivity index (χ1) is 27.3. The van der Waals surface area contributed by atoms with Crippen LogP contribution in [0.15, 0.2) is 0 Å². The van der Waals surface area contributed by atoms with Gasteiger partial charge in [-0.25, -0.2) is 0 Å². The van der Waals surface area contributed by atoms with Crippen molar-refractivity contribution >= 4 is 5.91 Å². The number of nitrogens with one attached hydrogen (secondary N) is 1. The summed E-state index contributed by atoms with van der Waals surface area (Å²) < 4.78 is 11.3. The van der Waals surface area contributed by atoms with E-state index in [-0.39, 0.29) is 12.5 Å². The number of rotatable bonds is 41. The molecule has 1 fully saturated rings. The van der Waals surface area contributed by atoms with Crippen LogP contribution in [0.2, 0.25) is 0 Å².